The van der Waals surface area contributed by atoms with E-state index in [4.69, 9.17) is 0 Å². The number of nitrogens with zero attached hydrogens (tertiary/aromatic N) is 1. The fraction of sp³-hybridized carbons (Fsp3) is 0.250. The second-order valence-corrected chi connectivity index (χ2v) is 5.69. The number of rotatable bonds is 4. The first-order valence-electron chi connectivity index (χ1n) is 6.41. The molecule has 20 heavy (non-hydrogen) atoms. The van der Waals surface area contributed by atoms with Crippen LogP contribution in [0.1, 0.15) is 24.2 Å². The van der Waals surface area contributed by atoms with Gasteiger partial charge in [0, 0.05) is 23.6 Å². The summed E-state index contributed by atoms with van der Waals surface area (Å²) in [5.41, 5.74) is 2.46. The first-order chi connectivity index (χ1) is 9.49. The lowest BCUT2D eigenvalue weighted by Crippen LogP contribution is -2.17. The number of anilines is 1. The van der Waals surface area contributed by atoms with Gasteiger partial charge in [0.1, 0.15) is 5.82 Å². The number of aliphatic hydroxyl groups is 1. The van der Waals surface area contributed by atoms with Crippen molar-refractivity contribution >= 4 is 21.6 Å². The van der Waals surface area contributed by atoms with Crippen molar-refractivity contribution < 1.29 is 9.50 Å². The van der Waals surface area contributed by atoms with Crippen LogP contribution in [0.2, 0.25) is 0 Å². The molecule has 1 N–H and O–H groups in total. The lowest BCUT2D eigenvalue weighted by Gasteiger charge is -2.22. The number of aliphatic hydroxyl groups excluding tert-OH is 1. The highest BCUT2D eigenvalue weighted by Gasteiger charge is 2.11. The van der Waals surface area contributed by atoms with Gasteiger partial charge in [-0.05, 0) is 46.6 Å². The molecule has 0 saturated carbocycles. The van der Waals surface area contributed by atoms with Gasteiger partial charge in [0.25, 0.3) is 0 Å². The molecule has 0 amide bonds. The Hall–Kier alpha value is -1.39. The smallest absolute Gasteiger partial charge is 0.128 e. The van der Waals surface area contributed by atoms with Gasteiger partial charge >= 0.3 is 0 Å². The van der Waals surface area contributed by atoms with Crippen LogP contribution in [0.25, 0.3) is 0 Å². The largest absolute Gasteiger partial charge is 0.389 e. The Morgan fingerprint density at radius 1 is 1.25 bits per heavy atom. The maximum Gasteiger partial charge on any atom is 0.128 e. The third-order valence-electron chi connectivity index (χ3n) is 3.23. The van der Waals surface area contributed by atoms with Crippen molar-refractivity contribution in [2.75, 3.05) is 11.9 Å². The van der Waals surface area contributed by atoms with E-state index < -0.39 is 6.10 Å². The zero-order valence-corrected chi connectivity index (χ0v) is 13.1. The van der Waals surface area contributed by atoms with E-state index in [1.807, 2.05) is 36.2 Å². The highest BCUT2D eigenvalue weighted by atomic mass is 79.9. The number of halogens is 2. The van der Waals surface area contributed by atoms with Crippen molar-refractivity contribution in [1.82, 2.24) is 0 Å². The van der Waals surface area contributed by atoms with Crippen LogP contribution in [0.15, 0.2) is 46.9 Å². The average Bonchev–Trinajstić information content (AvgIpc) is 2.41. The molecule has 1 unspecified atom stereocenters. The highest BCUT2D eigenvalue weighted by Crippen LogP contribution is 2.29. The van der Waals surface area contributed by atoms with Gasteiger partial charge < -0.3 is 10.0 Å². The number of hydrogen-bond donors (Lipinski definition) is 1. The Kier molecular flexibility index (Phi) is 4.78. The maximum atomic E-state index is 13.7. The van der Waals surface area contributed by atoms with Gasteiger partial charge in [-0.25, -0.2) is 4.39 Å². The average molecular weight is 338 g/mol. The molecule has 2 nitrogen and oxygen atoms in total. The molecule has 106 valence electrons. The maximum absolute atomic E-state index is 13.7. The van der Waals surface area contributed by atoms with E-state index in [9.17, 15) is 9.50 Å². The van der Waals surface area contributed by atoms with E-state index in [-0.39, 0.29) is 5.82 Å². The molecule has 0 aliphatic heterocycles. The normalized spacial score (nSPS) is 12.2. The van der Waals surface area contributed by atoms with E-state index in [2.05, 4.69) is 15.9 Å². The lowest BCUT2D eigenvalue weighted by atomic mass is 10.1. The third kappa shape index (κ3) is 3.38. The monoisotopic (exact) mass is 337 g/mol. The van der Waals surface area contributed by atoms with Crippen LogP contribution < -0.4 is 4.90 Å². The predicted octanol–water partition coefficient (Wildman–Crippen LogP) is 4.28. The first kappa shape index (κ1) is 15.0. The van der Waals surface area contributed by atoms with Crippen molar-refractivity contribution in [3.63, 3.8) is 0 Å². The lowest BCUT2D eigenvalue weighted by molar-refractivity contribution is 0.199. The van der Waals surface area contributed by atoms with Crippen LogP contribution in [-0.2, 0) is 6.54 Å². The Morgan fingerprint density at radius 2 is 1.95 bits per heavy atom. The Bertz CT molecular complexity index is 601. The SMILES string of the molecule is CC(O)c1ccc(N(C)Cc2ccccc2F)c(Br)c1. The minimum absolute atomic E-state index is 0.198. The summed E-state index contributed by atoms with van der Waals surface area (Å²) in [6.45, 7) is 2.21. The molecule has 4 heteroatoms. The molecular weight excluding hydrogens is 321 g/mol. The molecule has 0 spiro atoms. The van der Waals surface area contributed by atoms with Crippen molar-refractivity contribution in [3.8, 4) is 0 Å². The van der Waals surface area contributed by atoms with Crippen molar-refractivity contribution in [1.29, 1.82) is 0 Å². The molecule has 0 fully saturated rings. The zero-order valence-electron chi connectivity index (χ0n) is 11.5. The summed E-state index contributed by atoms with van der Waals surface area (Å²) in [4.78, 5) is 1.97. The van der Waals surface area contributed by atoms with Crippen molar-refractivity contribution in [2.45, 2.75) is 19.6 Å². The molecule has 2 aromatic carbocycles. The summed E-state index contributed by atoms with van der Waals surface area (Å²) in [6, 6.07) is 12.5. The first-order valence-corrected chi connectivity index (χ1v) is 7.20. The molecule has 0 aliphatic carbocycles. The van der Waals surface area contributed by atoms with E-state index in [1.165, 1.54) is 6.07 Å². The van der Waals surface area contributed by atoms with E-state index in [0.717, 1.165) is 15.7 Å². The van der Waals surface area contributed by atoms with Crippen LogP contribution in [0.5, 0.6) is 0 Å². The van der Waals surface area contributed by atoms with Crippen LogP contribution >= 0.6 is 15.9 Å². The highest BCUT2D eigenvalue weighted by molar-refractivity contribution is 9.10. The summed E-state index contributed by atoms with van der Waals surface area (Å²) in [6.07, 6.45) is -0.503. The van der Waals surface area contributed by atoms with Gasteiger partial charge in [-0.15, -0.1) is 0 Å². The molecular formula is C16H17BrFNO. The molecule has 0 radical (unpaired) electrons. The molecule has 1 atom stereocenters. The Morgan fingerprint density at radius 3 is 2.55 bits per heavy atom. The van der Waals surface area contributed by atoms with Gasteiger partial charge in [0.05, 0.1) is 11.8 Å². The Balaban J connectivity index is 2.21. The third-order valence-corrected chi connectivity index (χ3v) is 3.87. The fourth-order valence-corrected chi connectivity index (χ4v) is 2.76. The van der Waals surface area contributed by atoms with Crippen LogP contribution in [0, 0.1) is 5.82 Å². The summed E-state index contributed by atoms with van der Waals surface area (Å²) in [7, 11) is 1.91. The van der Waals surface area contributed by atoms with Crippen molar-refractivity contribution in [2.24, 2.45) is 0 Å². The predicted molar refractivity (Wildman–Crippen MR) is 83.3 cm³/mol. The van der Waals surface area contributed by atoms with Gasteiger partial charge in [0.2, 0.25) is 0 Å². The molecule has 0 bridgehead atoms. The van der Waals surface area contributed by atoms with Crippen molar-refractivity contribution in [3.05, 3.63) is 63.9 Å². The quantitative estimate of drug-likeness (QED) is 0.900. The zero-order chi connectivity index (χ0) is 14.7. The van der Waals surface area contributed by atoms with Crippen LogP contribution in [0.4, 0.5) is 10.1 Å². The summed E-state index contributed by atoms with van der Waals surface area (Å²) >= 11 is 3.50. The minimum Gasteiger partial charge on any atom is -0.389 e. The van der Waals surface area contributed by atoms with E-state index in [1.54, 1.807) is 19.1 Å². The Labute approximate surface area is 127 Å². The van der Waals surface area contributed by atoms with Gasteiger partial charge in [-0.1, -0.05) is 24.3 Å². The van der Waals surface area contributed by atoms with E-state index in [0.29, 0.717) is 12.1 Å². The minimum atomic E-state index is -0.503. The second-order valence-electron chi connectivity index (χ2n) is 4.83. The fourth-order valence-electron chi connectivity index (χ4n) is 2.06. The molecule has 2 aromatic rings. The number of hydrogen-bond acceptors (Lipinski definition) is 2. The van der Waals surface area contributed by atoms with Gasteiger partial charge in [-0.2, -0.15) is 0 Å². The van der Waals surface area contributed by atoms with Gasteiger partial charge in [-0.3, -0.25) is 0 Å². The molecule has 2 rings (SSSR count). The van der Waals surface area contributed by atoms with Crippen LogP contribution in [0.3, 0.4) is 0 Å². The molecule has 0 saturated heterocycles. The summed E-state index contributed by atoms with van der Waals surface area (Å²) < 4.78 is 14.5. The standard InChI is InChI=1S/C16H17BrFNO/c1-11(20)12-7-8-16(14(17)9-12)19(2)10-13-5-3-4-6-15(13)18/h3-9,11,20H,10H2,1-2H3. The second kappa shape index (κ2) is 6.37. The summed E-state index contributed by atoms with van der Waals surface area (Å²) in [5, 5.41) is 9.57. The van der Waals surface area contributed by atoms with Gasteiger partial charge in [0.15, 0.2) is 0 Å². The number of benzene rings is 2. The van der Waals surface area contributed by atoms with E-state index >= 15 is 0 Å². The topological polar surface area (TPSA) is 23.5 Å². The molecule has 0 aromatic heterocycles. The molecule has 0 heterocycles. The van der Waals surface area contributed by atoms with Crippen LogP contribution in [-0.4, -0.2) is 12.2 Å². The molecule has 0 aliphatic rings. The summed E-state index contributed by atoms with van der Waals surface area (Å²) in [5.74, 6) is -0.198.